The summed E-state index contributed by atoms with van der Waals surface area (Å²) in [6.45, 7) is 7.53. The normalized spacial score (nSPS) is 14.9. The van der Waals surface area contributed by atoms with Crippen molar-refractivity contribution in [3.8, 4) is 0 Å². The van der Waals surface area contributed by atoms with Gasteiger partial charge in [-0.25, -0.2) is 0 Å². The fraction of sp³-hybridized carbons (Fsp3) is 0.381. The summed E-state index contributed by atoms with van der Waals surface area (Å²) in [5, 5.41) is 0. The molecule has 2 atom stereocenters. The van der Waals surface area contributed by atoms with Crippen LogP contribution in [-0.4, -0.2) is 15.5 Å². The van der Waals surface area contributed by atoms with Crippen LogP contribution < -0.4 is 0 Å². The molecule has 2 aromatic carbocycles. The van der Waals surface area contributed by atoms with Crippen LogP contribution >= 0.6 is 23.2 Å². The molecule has 128 valence electrons. The highest BCUT2D eigenvalue weighted by Crippen LogP contribution is 2.43. The number of benzene rings is 2. The SMILES string of the molecule is CC(C)(Cl)C(C(=O)C(c1ccccc1)C(C)(C)Cl)c1ccccc1. The van der Waals surface area contributed by atoms with Gasteiger partial charge in [0, 0.05) is 0 Å². The number of Topliss-reactive ketones (excluding diaryl/α,β-unsaturated/α-hetero) is 1. The number of hydrogen-bond donors (Lipinski definition) is 0. The van der Waals surface area contributed by atoms with Crippen LogP contribution in [0.1, 0.15) is 50.7 Å². The second-order valence-corrected chi connectivity index (χ2v) is 9.17. The summed E-state index contributed by atoms with van der Waals surface area (Å²) < 4.78 is 0. The topological polar surface area (TPSA) is 17.1 Å². The summed E-state index contributed by atoms with van der Waals surface area (Å²) in [5.74, 6) is -0.834. The van der Waals surface area contributed by atoms with Gasteiger partial charge >= 0.3 is 0 Å². The van der Waals surface area contributed by atoms with Gasteiger partial charge in [0.25, 0.3) is 0 Å². The molecular weight excluding hydrogens is 339 g/mol. The summed E-state index contributed by atoms with van der Waals surface area (Å²) >= 11 is 13.3. The van der Waals surface area contributed by atoms with Crippen molar-refractivity contribution in [2.24, 2.45) is 0 Å². The number of alkyl halides is 2. The Hall–Kier alpha value is -1.31. The van der Waals surface area contributed by atoms with E-state index in [1.165, 1.54) is 0 Å². The van der Waals surface area contributed by atoms with Gasteiger partial charge in [0.15, 0.2) is 5.78 Å². The molecule has 0 amide bonds. The second-order valence-electron chi connectivity index (χ2n) is 7.22. The zero-order valence-corrected chi connectivity index (χ0v) is 16.1. The van der Waals surface area contributed by atoms with E-state index >= 15 is 0 Å². The van der Waals surface area contributed by atoms with Crippen LogP contribution in [0.5, 0.6) is 0 Å². The maximum Gasteiger partial charge on any atom is 0.151 e. The molecular formula is C21H24Cl2O. The molecule has 3 heteroatoms. The Bertz CT molecular complexity index is 607. The summed E-state index contributed by atoms with van der Waals surface area (Å²) in [6.07, 6.45) is 0. The number of carbonyl (C=O) groups excluding carboxylic acids is 1. The Labute approximate surface area is 155 Å². The van der Waals surface area contributed by atoms with Crippen LogP contribution in [-0.2, 0) is 4.79 Å². The van der Waals surface area contributed by atoms with Crippen LogP contribution in [0.3, 0.4) is 0 Å². The van der Waals surface area contributed by atoms with Gasteiger partial charge in [-0.15, -0.1) is 23.2 Å². The maximum absolute atomic E-state index is 13.6. The van der Waals surface area contributed by atoms with E-state index in [-0.39, 0.29) is 5.78 Å². The predicted molar refractivity (Wildman–Crippen MR) is 103 cm³/mol. The highest BCUT2D eigenvalue weighted by atomic mass is 35.5. The van der Waals surface area contributed by atoms with Gasteiger partial charge in [-0.3, -0.25) is 4.79 Å². The average Bonchev–Trinajstić information content (AvgIpc) is 2.46. The van der Waals surface area contributed by atoms with E-state index < -0.39 is 21.6 Å². The van der Waals surface area contributed by atoms with Crippen molar-refractivity contribution < 1.29 is 4.79 Å². The molecule has 24 heavy (non-hydrogen) atoms. The fourth-order valence-corrected chi connectivity index (χ4v) is 3.72. The Morgan fingerprint density at radius 2 is 1.00 bits per heavy atom. The lowest BCUT2D eigenvalue weighted by Crippen LogP contribution is -2.39. The highest BCUT2D eigenvalue weighted by Gasteiger charge is 2.43. The summed E-state index contributed by atoms with van der Waals surface area (Å²) in [5.41, 5.74) is 1.84. The molecule has 0 saturated heterocycles. The zero-order valence-electron chi connectivity index (χ0n) is 14.6. The first-order valence-corrected chi connectivity index (χ1v) is 8.89. The van der Waals surface area contributed by atoms with Crippen molar-refractivity contribution in [2.75, 3.05) is 0 Å². The van der Waals surface area contributed by atoms with Gasteiger partial charge in [0.2, 0.25) is 0 Å². The van der Waals surface area contributed by atoms with E-state index in [4.69, 9.17) is 23.2 Å². The molecule has 0 heterocycles. The third kappa shape index (κ3) is 4.40. The van der Waals surface area contributed by atoms with Gasteiger partial charge in [0.05, 0.1) is 21.6 Å². The Morgan fingerprint density at radius 3 is 1.25 bits per heavy atom. The minimum Gasteiger partial charge on any atom is -0.298 e. The number of rotatable bonds is 6. The largest absolute Gasteiger partial charge is 0.298 e. The summed E-state index contributed by atoms with van der Waals surface area (Å²) in [6, 6.07) is 19.4. The van der Waals surface area contributed by atoms with Crippen LogP contribution in [0.4, 0.5) is 0 Å². The third-order valence-electron chi connectivity index (χ3n) is 4.21. The predicted octanol–water partition coefficient (Wildman–Crippen LogP) is 6.16. The van der Waals surface area contributed by atoms with Gasteiger partial charge in [-0.05, 0) is 38.8 Å². The van der Waals surface area contributed by atoms with Crippen molar-refractivity contribution in [1.82, 2.24) is 0 Å². The summed E-state index contributed by atoms with van der Waals surface area (Å²) in [4.78, 5) is 12.1. The standard InChI is InChI=1S/C21H24Cl2O/c1-20(2,22)17(15-11-7-5-8-12-15)19(24)18(21(3,4)23)16-13-9-6-10-14-16/h5-14,17-18H,1-4H3. The molecule has 0 aliphatic carbocycles. The van der Waals surface area contributed by atoms with E-state index in [0.29, 0.717) is 0 Å². The van der Waals surface area contributed by atoms with Crippen LogP contribution in [0, 0.1) is 0 Å². The van der Waals surface area contributed by atoms with Crippen molar-refractivity contribution in [1.29, 1.82) is 0 Å². The third-order valence-corrected chi connectivity index (χ3v) is 4.64. The lowest BCUT2D eigenvalue weighted by Gasteiger charge is -2.35. The molecule has 2 unspecified atom stereocenters. The zero-order chi connectivity index (χ0) is 18.0. The molecule has 0 aliphatic heterocycles. The average molecular weight is 363 g/mol. The smallest absolute Gasteiger partial charge is 0.151 e. The quantitative estimate of drug-likeness (QED) is 0.562. The van der Waals surface area contributed by atoms with Crippen molar-refractivity contribution in [3.05, 3.63) is 71.8 Å². The molecule has 0 radical (unpaired) electrons. The number of carbonyl (C=O) groups is 1. The lowest BCUT2D eigenvalue weighted by atomic mass is 9.73. The number of halogens is 2. The molecule has 0 bridgehead atoms. The first-order valence-electron chi connectivity index (χ1n) is 8.14. The molecule has 2 rings (SSSR count). The van der Waals surface area contributed by atoms with Crippen molar-refractivity contribution in [3.63, 3.8) is 0 Å². The molecule has 0 saturated carbocycles. The molecule has 0 aromatic heterocycles. The molecule has 2 aromatic rings. The van der Waals surface area contributed by atoms with E-state index in [9.17, 15) is 4.79 Å². The van der Waals surface area contributed by atoms with Crippen LogP contribution in [0.2, 0.25) is 0 Å². The first kappa shape index (κ1) is 19.0. The lowest BCUT2D eigenvalue weighted by molar-refractivity contribution is -0.123. The molecule has 0 spiro atoms. The van der Waals surface area contributed by atoms with E-state index in [1.807, 2.05) is 88.4 Å². The number of ketones is 1. The van der Waals surface area contributed by atoms with E-state index in [0.717, 1.165) is 11.1 Å². The van der Waals surface area contributed by atoms with Crippen molar-refractivity contribution >= 4 is 29.0 Å². The second kappa shape index (κ2) is 7.29. The molecule has 0 fully saturated rings. The van der Waals surface area contributed by atoms with Gasteiger partial charge in [-0.2, -0.15) is 0 Å². The molecule has 0 aliphatic rings. The van der Waals surface area contributed by atoms with E-state index in [1.54, 1.807) is 0 Å². The fourth-order valence-electron chi connectivity index (χ4n) is 3.26. The Kier molecular flexibility index (Phi) is 5.78. The summed E-state index contributed by atoms with van der Waals surface area (Å²) in [7, 11) is 0. The maximum atomic E-state index is 13.6. The first-order chi connectivity index (χ1) is 11.1. The minimum absolute atomic E-state index is 0.0485. The van der Waals surface area contributed by atoms with Crippen molar-refractivity contribution in [2.45, 2.75) is 49.3 Å². The highest BCUT2D eigenvalue weighted by molar-refractivity contribution is 6.28. The van der Waals surface area contributed by atoms with Crippen LogP contribution in [0.25, 0.3) is 0 Å². The van der Waals surface area contributed by atoms with Gasteiger partial charge in [0.1, 0.15) is 0 Å². The Balaban J connectivity index is 2.54. The minimum atomic E-state index is -0.715. The number of hydrogen-bond acceptors (Lipinski definition) is 1. The van der Waals surface area contributed by atoms with Gasteiger partial charge in [-0.1, -0.05) is 60.7 Å². The monoisotopic (exact) mass is 362 g/mol. The molecule has 0 N–H and O–H groups in total. The molecule has 1 nitrogen and oxygen atoms in total. The van der Waals surface area contributed by atoms with Gasteiger partial charge < -0.3 is 0 Å². The van der Waals surface area contributed by atoms with E-state index in [2.05, 4.69) is 0 Å². The van der Waals surface area contributed by atoms with Crippen LogP contribution in [0.15, 0.2) is 60.7 Å². The Morgan fingerprint density at radius 1 is 0.708 bits per heavy atom.